The molecule has 7 heteroatoms. The summed E-state index contributed by atoms with van der Waals surface area (Å²) in [6.07, 6.45) is -0.676. The van der Waals surface area contributed by atoms with Crippen molar-refractivity contribution in [2.75, 3.05) is 0 Å². The smallest absolute Gasteiger partial charge is 0.407 e. The van der Waals surface area contributed by atoms with Gasteiger partial charge >= 0.3 is 12.1 Å². The van der Waals surface area contributed by atoms with Gasteiger partial charge in [-0.15, -0.1) is 0 Å². The van der Waals surface area contributed by atoms with Crippen LogP contribution in [0.25, 0.3) is 0 Å². The van der Waals surface area contributed by atoms with E-state index in [-0.39, 0.29) is 12.8 Å². The molecule has 0 aromatic heterocycles. The van der Waals surface area contributed by atoms with Crippen molar-refractivity contribution >= 4 is 35.3 Å². The van der Waals surface area contributed by atoms with Gasteiger partial charge in [-0.05, 0) is 38.8 Å². The van der Waals surface area contributed by atoms with Crippen LogP contribution in [0.1, 0.15) is 32.8 Å². The topological polar surface area (TPSA) is 75.6 Å². The fourth-order valence-corrected chi connectivity index (χ4v) is 2.23. The molecule has 0 aliphatic carbocycles. The van der Waals surface area contributed by atoms with E-state index in [1.165, 1.54) is 0 Å². The number of carbonyl (C=O) groups is 2. The standard InChI is InChI=1S/C15H19Cl2NO4/c1-15(2,3)22-14(21)18-10(8-12(19)20)7-9-5-4-6-11(16)13(9)17/h4-6,10H,7-8H2,1-3H3,(H,18,21)(H,19,20)/t10-/m1/s1. The lowest BCUT2D eigenvalue weighted by molar-refractivity contribution is -0.137. The Bertz CT molecular complexity index is 555. The Labute approximate surface area is 139 Å². The van der Waals surface area contributed by atoms with E-state index in [4.69, 9.17) is 33.0 Å². The SMILES string of the molecule is CC(C)(C)OC(=O)N[C@@H](CC(=O)O)Cc1cccc(Cl)c1Cl. The number of halogens is 2. The van der Waals surface area contributed by atoms with Crippen molar-refractivity contribution in [1.29, 1.82) is 0 Å². The van der Waals surface area contributed by atoms with Crippen molar-refractivity contribution in [3.05, 3.63) is 33.8 Å². The third kappa shape index (κ3) is 6.54. The van der Waals surface area contributed by atoms with Crippen LogP contribution in [-0.4, -0.2) is 28.8 Å². The maximum Gasteiger partial charge on any atom is 0.407 e. The molecule has 1 aromatic rings. The van der Waals surface area contributed by atoms with Crippen LogP contribution in [0.4, 0.5) is 4.79 Å². The molecule has 0 aliphatic rings. The van der Waals surface area contributed by atoms with E-state index in [1.807, 2.05) is 0 Å². The van der Waals surface area contributed by atoms with Gasteiger partial charge in [-0.3, -0.25) is 4.79 Å². The van der Waals surface area contributed by atoms with E-state index in [0.29, 0.717) is 15.6 Å². The summed E-state index contributed by atoms with van der Waals surface area (Å²) in [5.41, 5.74) is 0.00225. The first-order valence-electron chi connectivity index (χ1n) is 6.72. The van der Waals surface area contributed by atoms with Crippen molar-refractivity contribution in [1.82, 2.24) is 5.32 Å². The predicted molar refractivity (Wildman–Crippen MR) is 85.6 cm³/mol. The van der Waals surface area contributed by atoms with Crippen molar-refractivity contribution in [2.45, 2.75) is 45.3 Å². The van der Waals surface area contributed by atoms with E-state index < -0.39 is 23.7 Å². The Balaban J connectivity index is 2.82. The molecule has 0 fully saturated rings. The highest BCUT2D eigenvalue weighted by molar-refractivity contribution is 6.42. The number of hydrogen-bond acceptors (Lipinski definition) is 3. The van der Waals surface area contributed by atoms with Crippen LogP contribution in [0.2, 0.25) is 10.0 Å². The molecular formula is C15H19Cl2NO4. The number of alkyl carbamates (subject to hydrolysis) is 1. The van der Waals surface area contributed by atoms with Crippen molar-refractivity contribution in [2.24, 2.45) is 0 Å². The fourth-order valence-electron chi connectivity index (χ4n) is 1.83. The van der Waals surface area contributed by atoms with Crippen molar-refractivity contribution < 1.29 is 19.4 Å². The van der Waals surface area contributed by atoms with Gasteiger partial charge in [0.1, 0.15) is 5.60 Å². The van der Waals surface area contributed by atoms with E-state index in [9.17, 15) is 9.59 Å². The van der Waals surface area contributed by atoms with Gasteiger partial charge in [0.25, 0.3) is 0 Å². The van der Waals surface area contributed by atoms with Crippen molar-refractivity contribution in [3.63, 3.8) is 0 Å². The highest BCUT2D eigenvalue weighted by atomic mass is 35.5. The molecule has 122 valence electrons. The maximum absolute atomic E-state index is 11.8. The van der Waals surface area contributed by atoms with Gasteiger partial charge in [0, 0.05) is 6.04 Å². The lowest BCUT2D eigenvalue weighted by Gasteiger charge is -2.23. The number of amides is 1. The second-order valence-electron chi connectivity index (χ2n) is 5.86. The first-order valence-corrected chi connectivity index (χ1v) is 7.48. The zero-order chi connectivity index (χ0) is 16.9. The molecule has 5 nitrogen and oxygen atoms in total. The Hall–Kier alpha value is -1.46. The Kier molecular flexibility index (Phi) is 6.50. The number of rotatable bonds is 5. The second-order valence-corrected chi connectivity index (χ2v) is 6.64. The van der Waals surface area contributed by atoms with Crippen LogP contribution in [0, 0.1) is 0 Å². The van der Waals surface area contributed by atoms with Crippen LogP contribution < -0.4 is 5.32 Å². The molecule has 0 radical (unpaired) electrons. The van der Waals surface area contributed by atoms with Gasteiger partial charge in [-0.25, -0.2) is 4.79 Å². The molecular weight excluding hydrogens is 329 g/mol. The van der Waals surface area contributed by atoms with Gasteiger partial charge in [0.05, 0.1) is 16.5 Å². The van der Waals surface area contributed by atoms with E-state index in [2.05, 4.69) is 5.32 Å². The van der Waals surface area contributed by atoms with Gasteiger partial charge in [-0.2, -0.15) is 0 Å². The first kappa shape index (κ1) is 18.6. The summed E-state index contributed by atoms with van der Waals surface area (Å²) >= 11 is 12.0. The highest BCUT2D eigenvalue weighted by Gasteiger charge is 2.22. The largest absolute Gasteiger partial charge is 0.481 e. The number of carboxylic acid groups (broad SMARTS) is 1. The molecule has 1 atom stereocenters. The maximum atomic E-state index is 11.8. The molecule has 0 unspecified atom stereocenters. The minimum absolute atomic E-state index is 0.241. The van der Waals surface area contributed by atoms with Crippen LogP contribution >= 0.6 is 23.2 Å². The Morgan fingerprint density at radius 2 is 1.95 bits per heavy atom. The highest BCUT2D eigenvalue weighted by Crippen LogP contribution is 2.26. The van der Waals surface area contributed by atoms with E-state index in [1.54, 1.807) is 39.0 Å². The average molecular weight is 348 g/mol. The Morgan fingerprint density at radius 3 is 2.50 bits per heavy atom. The van der Waals surface area contributed by atoms with E-state index in [0.717, 1.165) is 0 Å². The first-order chi connectivity index (χ1) is 10.1. The number of hydrogen-bond donors (Lipinski definition) is 2. The van der Waals surface area contributed by atoms with Crippen LogP contribution in [0.3, 0.4) is 0 Å². The summed E-state index contributed by atoms with van der Waals surface area (Å²) < 4.78 is 5.14. The summed E-state index contributed by atoms with van der Waals surface area (Å²) in [4.78, 5) is 22.8. The summed E-state index contributed by atoms with van der Waals surface area (Å²) in [7, 11) is 0. The Morgan fingerprint density at radius 1 is 1.32 bits per heavy atom. The minimum Gasteiger partial charge on any atom is -0.481 e. The number of ether oxygens (including phenoxy) is 1. The lowest BCUT2D eigenvalue weighted by Crippen LogP contribution is -2.41. The van der Waals surface area contributed by atoms with Crippen molar-refractivity contribution in [3.8, 4) is 0 Å². The molecule has 0 saturated heterocycles. The lowest BCUT2D eigenvalue weighted by atomic mass is 10.0. The monoisotopic (exact) mass is 347 g/mol. The number of benzene rings is 1. The molecule has 1 amide bonds. The quantitative estimate of drug-likeness (QED) is 0.846. The number of aliphatic carboxylic acids is 1. The normalized spacial score (nSPS) is 12.6. The molecule has 0 aliphatic heterocycles. The predicted octanol–water partition coefficient (Wildman–Crippen LogP) is 3.90. The molecule has 0 heterocycles. The zero-order valence-corrected chi connectivity index (χ0v) is 14.2. The van der Waals surface area contributed by atoms with E-state index >= 15 is 0 Å². The number of carbonyl (C=O) groups excluding carboxylic acids is 1. The third-order valence-corrected chi connectivity index (χ3v) is 3.50. The molecule has 2 N–H and O–H groups in total. The fraction of sp³-hybridized carbons (Fsp3) is 0.467. The van der Waals surface area contributed by atoms with Gasteiger partial charge < -0.3 is 15.2 Å². The summed E-state index contributed by atoms with van der Waals surface area (Å²) in [5.74, 6) is -1.03. The second kappa shape index (κ2) is 7.70. The van der Waals surface area contributed by atoms with Gasteiger partial charge in [0.15, 0.2) is 0 Å². The molecule has 1 rings (SSSR count). The van der Waals surface area contributed by atoms with Crippen LogP contribution in [-0.2, 0) is 16.0 Å². The molecule has 0 saturated carbocycles. The average Bonchev–Trinajstić information content (AvgIpc) is 2.31. The summed E-state index contributed by atoms with van der Waals surface area (Å²) in [5, 5.41) is 12.3. The number of nitrogens with one attached hydrogen (secondary N) is 1. The minimum atomic E-state index is -1.03. The zero-order valence-electron chi connectivity index (χ0n) is 12.7. The number of carboxylic acids is 1. The van der Waals surface area contributed by atoms with Crippen LogP contribution in [0.15, 0.2) is 18.2 Å². The molecule has 0 bridgehead atoms. The molecule has 22 heavy (non-hydrogen) atoms. The molecule has 1 aromatic carbocycles. The summed E-state index contributed by atoms with van der Waals surface area (Å²) in [6, 6.07) is 4.44. The summed E-state index contributed by atoms with van der Waals surface area (Å²) in [6.45, 7) is 5.19. The third-order valence-electron chi connectivity index (χ3n) is 2.64. The molecule has 0 spiro atoms. The van der Waals surface area contributed by atoms with Gasteiger partial charge in [0.2, 0.25) is 0 Å². The van der Waals surface area contributed by atoms with Crippen LogP contribution in [0.5, 0.6) is 0 Å². The van der Waals surface area contributed by atoms with Gasteiger partial charge in [-0.1, -0.05) is 35.3 Å².